The lowest BCUT2D eigenvalue weighted by Crippen LogP contribution is -1.82. The zero-order valence-electron chi connectivity index (χ0n) is 6.70. The molecule has 1 atom stereocenters. The van der Waals surface area contributed by atoms with E-state index in [0.717, 1.165) is 11.1 Å². The Kier molecular flexibility index (Phi) is 2.94. The summed E-state index contributed by atoms with van der Waals surface area (Å²) >= 11 is 5.22. The number of hydrogen-bond donors (Lipinski definition) is 1. The number of aryl methyl sites for hydroxylation is 1. The Labute approximate surface area is 76.4 Å². The van der Waals surface area contributed by atoms with Gasteiger partial charge in [0.25, 0.3) is 6.72 Å². The molecule has 1 N–H and O–H groups in total. The second-order valence-electron chi connectivity index (χ2n) is 2.76. The summed E-state index contributed by atoms with van der Waals surface area (Å²) in [5, 5.41) is 0. The summed E-state index contributed by atoms with van der Waals surface area (Å²) < 4.78 is 10.8. The van der Waals surface area contributed by atoms with Crippen LogP contribution in [0, 0.1) is 6.92 Å². The molecule has 0 heterocycles. The van der Waals surface area contributed by atoms with Crippen LogP contribution in [0.1, 0.15) is 11.1 Å². The summed E-state index contributed by atoms with van der Waals surface area (Å²) in [5.41, 5.74) is 1.92. The standard InChI is InChI=1S/C8H10ClO2P/c1-7-2-4-8(5-3-7)6-12(9,10)11/h2-5H,6H2,1H3,(H,10,11). The summed E-state index contributed by atoms with van der Waals surface area (Å²) in [7, 11) is 0. The Morgan fingerprint density at radius 3 is 2.33 bits per heavy atom. The van der Waals surface area contributed by atoms with E-state index in [2.05, 4.69) is 0 Å². The summed E-state index contributed by atoms with van der Waals surface area (Å²) in [5.74, 6) is 0. The molecule has 1 unspecified atom stereocenters. The van der Waals surface area contributed by atoms with Crippen LogP contribution < -0.4 is 0 Å². The fourth-order valence-corrected chi connectivity index (χ4v) is 1.99. The molecule has 4 heteroatoms. The summed E-state index contributed by atoms with van der Waals surface area (Å²) in [6.07, 6.45) is 0.0365. The number of halogens is 1. The van der Waals surface area contributed by atoms with Crippen molar-refractivity contribution in [1.82, 2.24) is 0 Å². The molecule has 0 saturated carbocycles. The van der Waals surface area contributed by atoms with Crippen molar-refractivity contribution < 1.29 is 9.46 Å². The van der Waals surface area contributed by atoms with Crippen molar-refractivity contribution >= 4 is 18.0 Å². The van der Waals surface area contributed by atoms with Gasteiger partial charge in [-0.05, 0) is 23.7 Å². The molecule has 0 aromatic heterocycles. The SMILES string of the molecule is Cc1ccc(CP(=O)(O)Cl)cc1. The molecule has 66 valence electrons. The summed E-state index contributed by atoms with van der Waals surface area (Å²) in [6, 6.07) is 7.39. The van der Waals surface area contributed by atoms with Gasteiger partial charge in [0, 0.05) is 0 Å². The second-order valence-corrected chi connectivity index (χ2v) is 5.89. The molecule has 0 aliphatic rings. The molecule has 0 fully saturated rings. The molecule has 1 rings (SSSR count). The first kappa shape index (κ1) is 9.79. The maximum atomic E-state index is 10.8. The minimum absolute atomic E-state index is 0.0365. The Balaban J connectivity index is 2.78. The second kappa shape index (κ2) is 3.61. The first-order valence-electron chi connectivity index (χ1n) is 3.54. The fourth-order valence-electron chi connectivity index (χ4n) is 0.919. The van der Waals surface area contributed by atoms with Crippen molar-refractivity contribution in [3.63, 3.8) is 0 Å². The number of hydrogen-bond acceptors (Lipinski definition) is 1. The van der Waals surface area contributed by atoms with E-state index in [1.807, 2.05) is 19.1 Å². The fraction of sp³-hybridized carbons (Fsp3) is 0.250. The summed E-state index contributed by atoms with van der Waals surface area (Å²) in [6.45, 7) is -1.47. The minimum Gasteiger partial charge on any atom is -0.333 e. The van der Waals surface area contributed by atoms with Gasteiger partial charge in [-0.2, -0.15) is 0 Å². The molecule has 0 spiro atoms. The predicted molar refractivity (Wildman–Crippen MR) is 50.6 cm³/mol. The van der Waals surface area contributed by atoms with E-state index < -0.39 is 6.72 Å². The largest absolute Gasteiger partial charge is 0.333 e. The van der Waals surface area contributed by atoms with Gasteiger partial charge in [0.1, 0.15) is 0 Å². The van der Waals surface area contributed by atoms with E-state index in [4.69, 9.17) is 16.1 Å². The quantitative estimate of drug-likeness (QED) is 0.752. The van der Waals surface area contributed by atoms with Crippen LogP contribution in [-0.4, -0.2) is 4.89 Å². The normalized spacial score (nSPS) is 15.6. The van der Waals surface area contributed by atoms with E-state index in [1.54, 1.807) is 12.1 Å². The highest BCUT2D eigenvalue weighted by Gasteiger charge is 2.13. The van der Waals surface area contributed by atoms with Crippen LogP contribution in [0.5, 0.6) is 0 Å². The average molecular weight is 205 g/mol. The Morgan fingerprint density at radius 2 is 1.92 bits per heavy atom. The van der Waals surface area contributed by atoms with Gasteiger partial charge in [-0.15, -0.1) is 0 Å². The van der Waals surface area contributed by atoms with E-state index in [0.29, 0.717) is 0 Å². The average Bonchev–Trinajstić information content (AvgIpc) is 1.91. The lowest BCUT2D eigenvalue weighted by atomic mass is 10.2. The predicted octanol–water partition coefficient (Wildman–Crippen LogP) is 2.92. The lowest BCUT2D eigenvalue weighted by Gasteiger charge is -2.02. The third-order valence-corrected chi connectivity index (χ3v) is 2.61. The third-order valence-electron chi connectivity index (χ3n) is 1.50. The molecule has 0 bridgehead atoms. The van der Waals surface area contributed by atoms with E-state index >= 15 is 0 Å². The molecule has 1 aromatic rings. The topological polar surface area (TPSA) is 37.3 Å². The van der Waals surface area contributed by atoms with Crippen molar-refractivity contribution in [2.24, 2.45) is 0 Å². The van der Waals surface area contributed by atoms with Crippen LogP contribution in [0.25, 0.3) is 0 Å². The van der Waals surface area contributed by atoms with Gasteiger partial charge < -0.3 is 4.89 Å². The van der Waals surface area contributed by atoms with Gasteiger partial charge >= 0.3 is 0 Å². The Hall–Kier alpha value is -0.300. The third kappa shape index (κ3) is 3.40. The van der Waals surface area contributed by atoms with Crippen molar-refractivity contribution in [3.05, 3.63) is 35.4 Å². The molecule has 2 nitrogen and oxygen atoms in total. The van der Waals surface area contributed by atoms with Gasteiger partial charge in [0.2, 0.25) is 0 Å². The monoisotopic (exact) mass is 204 g/mol. The van der Waals surface area contributed by atoms with Crippen molar-refractivity contribution in [3.8, 4) is 0 Å². The lowest BCUT2D eigenvalue weighted by molar-refractivity contribution is 0.495. The molecule has 0 aliphatic heterocycles. The highest BCUT2D eigenvalue weighted by atomic mass is 35.7. The van der Waals surface area contributed by atoms with Gasteiger partial charge in [0.05, 0.1) is 6.16 Å². The van der Waals surface area contributed by atoms with Gasteiger partial charge in [0.15, 0.2) is 0 Å². The highest BCUT2D eigenvalue weighted by Crippen LogP contribution is 2.49. The number of benzene rings is 1. The molecule has 1 aromatic carbocycles. The minimum atomic E-state index is -3.43. The van der Waals surface area contributed by atoms with Crippen molar-refractivity contribution in [2.75, 3.05) is 0 Å². The van der Waals surface area contributed by atoms with Crippen LogP contribution in [0.2, 0.25) is 0 Å². The molecule has 0 saturated heterocycles. The molecule has 0 amide bonds. The zero-order valence-corrected chi connectivity index (χ0v) is 8.35. The van der Waals surface area contributed by atoms with Gasteiger partial charge in [-0.3, -0.25) is 4.57 Å². The summed E-state index contributed by atoms with van der Waals surface area (Å²) in [4.78, 5) is 8.86. The molecular formula is C8H10ClO2P. The van der Waals surface area contributed by atoms with E-state index in [-0.39, 0.29) is 6.16 Å². The van der Waals surface area contributed by atoms with Crippen LogP contribution in [0.4, 0.5) is 0 Å². The van der Waals surface area contributed by atoms with Crippen LogP contribution in [0.15, 0.2) is 24.3 Å². The van der Waals surface area contributed by atoms with E-state index in [9.17, 15) is 4.57 Å². The highest BCUT2D eigenvalue weighted by molar-refractivity contribution is 7.83. The van der Waals surface area contributed by atoms with Crippen molar-refractivity contribution in [2.45, 2.75) is 13.1 Å². The molecular weight excluding hydrogens is 195 g/mol. The van der Waals surface area contributed by atoms with Gasteiger partial charge in [-0.1, -0.05) is 29.8 Å². The van der Waals surface area contributed by atoms with Gasteiger partial charge in [-0.25, -0.2) is 0 Å². The Bertz CT molecular complexity index is 301. The Morgan fingerprint density at radius 1 is 1.42 bits per heavy atom. The van der Waals surface area contributed by atoms with Crippen LogP contribution in [0.3, 0.4) is 0 Å². The maximum absolute atomic E-state index is 10.8. The first-order chi connectivity index (χ1) is 5.47. The molecule has 0 radical (unpaired) electrons. The number of rotatable bonds is 2. The zero-order chi connectivity index (χ0) is 9.19. The smallest absolute Gasteiger partial charge is 0.291 e. The molecule has 12 heavy (non-hydrogen) atoms. The van der Waals surface area contributed by atoms with Crippen LogP contribution in [-0.2, 0) is 10.7 Å². The molecule has 0 aliphatic carbocycles. The first-order valence-corrected chi connectivity index (χ1v) is 6.29. The maximum Gasteiger partial charge on any atom is 0.291 e. The van der Waals surface area contributed by atoms with Crippen molar-refractivity contribution in [1.29, 1.82) is 0 Å². The van der Waals surface area contributed by atoms with Crippen LogP contribution >= 0.6 is 18.0 Å². The van der Waals surface area contributed by atoms with E-state index in [1.165, 1.54) is 0 Å².